The van der Waals surface area contributed by atoms with E-state index in [0.29, 0.717) is 13.0 Å². The van der Waals surface area contributed by atoms with Gasteiger partial charge in [0.25, 0.3) is 0 Å². The van der Waals surface area contributed by atoms with Gasteiger partial charge in [-0.05, 0) is 13.3 Å². The first-order chi connectivity index (χ1) is 6.88. The Morgan fingerprint density at radius 1 is 1.53 bits per heavy atom. The monoisotopic (exact) mass is 231 g/mol. The lowest BCUT2D eigenvalue weighted by atomic mass is 10.5. The molecular weight excluding hydrogens is 214 g/mol. The first-order valence-corrected chi connectivity index (χ1v) is 6.86. The maximum atomic E-state index is 10.9. The number of sulfone groups is 1. The molecule has 1 heterocycles. The minimum Gasteiger partial charge on any atom is -0.356 e. The predicted molar refractivity (Wildman–Crippen MR) is 60.8 cm³/mol. The topological polar surface area (TPSA) is 64.0 Å². The molecule has 0 bridgehead atoms. The highest BCUT2D eigenvalue weighted by Gasteiger charge is 2.03. The number of hydrogen-bond donors (Lipinski definition) is 1. The zero-order chi connectivity index (χ0) is 11.5. The minimum atomic E-state index is -2.85. The maximum Gasteiger partial charge on any atom is 0.202 e. The van der Waals surface area contributed by atoms with Crippen LogP contribution in [0.5, 0.6) is 0 Å². The Labute approximate surface area is 90.4 Å². The standard InChI is InChI=1S/C9H17N3O2S/c1-8-7-12(2)9(11-8)10-5-4-6-15(3,13)14/h7H,4-6H2,1-3H3,(H,10,11). The van der Waals surface area contributed by atoms with Crippen LogP contribution in [0, 0.1) is 6.92 Å². The molecule has 1 rings (SSSR count). The van der Waals surface area contributed by atoms with Crippen LogP contribution >= 0.6 is 0 Å². The van der Waals surface area contributed by atoms with E-state index in [2.05, 4.69) is 10.3 Å². The molecule has 0 atom stereocenters. The van der Waals surface area contributed by atoms with Crippen LogP contribution in [0.2, 0.25) is 0 Å². The fourth-order valence-corrected chi connectivity index (χ4v) is 1.98. The summed E-state index contributed by atoms with van der Waals surface area (Å²) in [5.74, 6) is 0.990. The summed E-state index contributed by atoms with van der Waals surface area (Å²) in [4.78, 5) is 4.25. The number of anilines is 1. The molecule has 0 unspecified atom stereocenters. The molecule has 0 saturated carbocycles. The van der Waals surface area contributed by atoms with Gasteiger partial charge in [0.15, 0.2) is 0 Å². The zero-order valence-electron chi connectivity index (χ0n) is 9.32. The number of aryl methyl sites for hydroxylation is 2. The number of aromatic nitrogens is 2. The number of imidazole rings is 1. The molecule has 86 valence electrons. The smallest absolute Gasteiger partial charge is 0.202 e. The summed E-state index contributed by atoms with van der Waals surface area (Å²) >= 11 is 0. The van der Waals surface area contributed by atoms with E-state index in [1.54, 1.807) is 0 Å². The summed E-state index contributed by atoms with van der Waals surface area (Å²) in [6.07, 6.45) is 3.77. The van der Waals surface area contributed by atoms with Crippen LogP contribution in [0.25, 0.3) is 0 Å². The molecule has 6 heteroatoms. The highest BCUT2D eigenvalue weighted by Crippen LogP contribution is 2.05. The lowest BCUT2D eigenvalue weighted by molar-refractivity contribution is 0.600. The SMILES string of the molecule is Cc1cn(C)c(NCCCS(C)(=O)=O)n1. The van der Waals surface area contributed by atoms with Crippen molar-refractivity contribution in [3.05, 3.63) is 11.9 Å². The van der Waals surface area contributed by atoms with Gasteiger partial charge >= 0.3 is 0 Å². The molecule has 0 aromatic carbocycles. The van der Waals surface area contributed by atoms with Crippen molar-refractivity contribution in [1.82, 2.24) is 9.55 Å². The lowest BCUT2D eigenvalue weighted by Crippen LogP contribution is -2.11. The van der Waals surface area contributed by atoms with E-state index in [1.165, 1.54) is 6.26 Å². The van der Waals surface area contributed by atoms with Gasteiger partial charge < -0.3 is 9.88 Å². The predicted octanol–water partition coefficient (Wildman–Crippen LogP) is 0.575. The minimum absolute atomic E-state index is 0.212. The van der Waals surface area contributed by atoms with Crippen LogP contribution < -0.4 is 5.32 Å². The third-order valence-electron chi connectivity index (χ3n) is 1.97. The third-order valence-corrected chi connectivity index (χ3v) is 3.00. The van der Waals surface area contributed by atoms with Crippen LogP contribution in [-0.4, -0.2) is 36.5 Å². The number of nitrogens with zero attached hydrogens (tertiary/aromatic N) is 2. The fraction of sp³-hybridized carbons (Fsp3) is 0.667. The highest BCUT2D eigenvalue weighted by molar-refractivity contribution is 7.90. The quantitative estimate of drug-likeness (QED) is 0.753. The summed E-state index contributed by atoms with van der Waals surface area (Å²) in [5, 5.41) is 3.09. The van der Waals surface area contributed by atoms with Gasteiger partial charge in [-0.3, -0.25) is 0 Å². The Morgan fingerprint density at radius 3 is 2.67 bits per heavy atom. The molecule has 0 saturated heterocycles. The zero-order valence-corrected chi connectivity index (χ0v) is 10.1. The molecule has 0 radical (unpaired) electrons. The van der Waals surface area contributed by atoms with E-state index in [9.17, 15) is 8.42 Å². The van der Waals surface area contributed by atoms with Gasteiger partial charge in [-0.2, -0.15) is 0 Å². The maximum absolute atomic E-state index is 10.9. The number of hydrogen-bond acceptors (Lipinski definition) is 4. The first kappa shape index (κ1) is 12.0. The van der Waals surface area contributed by atoms with Crippen molar-refractivity contribution in [3.63, 3.8) is 0 Å². The van der Waals surface area contributed by atoms with Crippen molar-refractivity contribution in [2.75, 3.05) is 23.9 Å². The Balaban J connectivity index is 2.35. The summed E-state index contributed by atoms with van der Waals surface area (Å²) < 4.78 is 23.6. The summed E-state index contributed by atoms with van der Waals surface area (Å²) in [5.41, 5.74) is 0.947. The molecule has 0 aliphatic carbocycles. The Hall–Kier alpha value is -1.04. The Morgan fingerprint density at radius 2 is 2.20 bits per heavy atom. The average Bonchev–Trinajstić information content (AvgIpc) is 2.37. The molecule has 1 aromatic rings. The average molecular weight is 231 g/mol. The molecule has 0 aliphatic heterocycles. The van der Waals surface area contributed by atoms with Crippen molar-refractivity contribution < 1.29 is 8.42 Å². The fourth-order valence-electron chi connectivity index (χ4n) is 1.31. The molecule has 1 N–H and O–H groups in total. The number of nitrogens with one attached hydrogen (secondary N) is 1. The second kappa shape index (κ2) is 4.65. The highest BCUT2D eigenvalue weighted by atomic mass is 32.2. The van der Waals surface area contributed by atoms with Crippen molar-refractivity contribution in [2.45, 2.75) is 13.3 Å². The summed E-state index contributed by atoms with van der Waals surface area (Å²) in [7, 11) is -0.949. The van der Waals surface area contributed by atoms with Gasteiger partial charge in [0, 0.05) is 26.0 Å². The first-order valence-electron chi connectivity index (χ1n) is 4.80. The molecular formula is C9H17N3O2S. The largest absolute Gasteiger partial charge is 0.356 e. The van der Waals surface area contributed by atoms with Gasteiger partial charge in [-0.25, -0.2) is 13.4 Å². The van der Waals surface area contributed by atoms with E-state index in [1.807, 2.05) is 24.7 Å². The molecule has 0 fully saturated rings. The Kier molecular flexibility index (Phi) is 3.73. The van der Waals surface area contributed by atoms with E-state index in [0.717, 1.165) is 11.6 Å². The van der Waals surface area contributed by atoms with Crippen LogP contribution in [0.15, 0.2) is 6.20 Å². The van der Waals surface area contributed by atoms with E-state index < -0.39 is 9.84 Å². The molecule has 0 amide bonds. The van der Waals surface area contributed by atoms with Gasteiger partial charge in [0.2, 0.25) is 5.95 Å². The van der Waals surface area contributed by atoms with Gasteiger partial charge in [-0.15, -0.1) is 0 Å². The molecule has 0 aliphatic rings. The molecule has 15 heavy (non-hydrogen) atoms. The lowest BCUT2D eigenvalue weighted by Gasteiger charge is -2.04. The van der Waals surface area contributed by atoms with E-state index >= 15 is 0 Å². The van der Waals surface area contributed by atoms with Crippen LogP contribution in [-0.2, 0) is 16.9 Å². The van der Waals surface area contributed by atoms with Gasteiger partial charge in [-0.1, -0.05) is 0 Å². The van der Waals surface area contributed by atoms with Crippen molar-refractivity contribution in [2.24, 2.45) is 7.05 Å². The van der Waals surface area contributed by atoms with Crippen LogP contribution in [0.3, 0.4) is 0 Å². The molecule has 5 nitrogen and oxygen atoms in total. The summed E-state index contributed by atoms with van der Waals surface area (Å²) in [6, 6.07) is 0. The van der Waals surface area contributed by atoms with Crippen LogP contribution in [0.1, 0.15) is 12.1 Å². The normalized spacial score (nSPS) is 11.7. The third kappa shape index (κ3) is 4.33. The van der Waals surface area contributed by atoms with E-state index in [4.69, 9.17) is 0 Å². The summed E-state index contributed by atoms with van der Waals surface area (Å²) in [6.45, 7) is 2.54. The van der Waals surface area contributed by atoms with E-state index in [-0.39, 0.29) is 5.75 Å². The van der Waals surface area contributed by atoms with Crippen molar-refractivity contribution >= 4 is 15.8 Å². The van der Waals surface area contributed by atoms with Crippen molar-refractivity contribution in [1.29, 1.82) is 0 Å². The van der Waals surface area contributed by atoms with Gasteiger partial charge in [0.05, 0.1) is 11.4 Å². The number of rotatable bonds is 5. The van der Waals surface area contributed by atoms with Crippen LogP contribution in [0.4, 0.5) is 5.95 Å². The Bertz CT molecular complexity index is 423. The second-order valence-corrected chi connectivity index (χ2v) is 5.99. The molecule has 1 aromatic heterocycles. The second-order valence-electron chi connectivity index (χ2n) is 3.73. The van der Waals surface area contributed by atoms with Gasteiger partial charge in [0.1, 0.15) is 9.84 Å². The molecule has 0 spiro atoms. The van der Waals surface area contributed by atoms with Crippen molar-refractivity contribution in [3.8, 4) is 0 Å².